The fourth-order valence-corrected chi connectivity index (χ4v) is 2.58. The summed E-state index contributed by atoms with van der Waals surface area (Å²) < 4.78 is 0. The van der Waals surface area contributed by atoms with E-state index in [0.29, 0.717) is 0 Å². The normalized spacial score (nSPS) is 12.7. The second kappa shape index (κ2) is 5.15. The molecule has 0 spiro atoms. The van der Waals surface area contributed by atoms with E-state index in [4.69, 9.17) is 5.73 Å². The number of rotatable bonds is 1. The van der Waals surface area contributed by atoms with Crippen molar-refractivity contribution in [2.45, 2.75) is 66.2 Å². The lowest BCUT2D eigenvalue weighted by atomic mass is 9.78. The molecule has 2 aromatic rings. The van der Waals surface area contributed by atoms with Crippen LogP contribution >= 0.6 is 0 Å². The number of aryl methyl sites for hydroxylation is 2. The van der Waals surface area contributed by atoms with Crippen molar-refractivity contribution < 1.29 is 0 Å². The van der Waals surface area contributed by atoms with Gasteiger partial charge in [-0.15, -0.1) is 0 Å². The first-order valence-corrected chi connectivity index (χ1v) is 7.89. The number of benzene rings is 1. The lowest BCUT2D eigenvalue weighted by molar-refractivity contribution is 0.570. The Labute approximate surface area is 134 Å². The smallest absolute Gasteiger partial charge is 0.139 e. The molecule has 0 atom stereocenters. The van der Waals surface area contributed by atoms with Crippen LogP contribution in [0.4, 0.5) is 5.69 Å². The average Bonchev–Trinajstić information content (AvgIpc) is 2.66. The summed E-state index contributed by atoms with van der Waals surface area (Å²) in [6.07, 6.45) is 0. The molecule has 1 aromatic carbocycles. The maximum absolute atomic E-state index is 6.51. The Morgan fingerprint density at radius 2 is 1.55 bits per heavy atom. The van der Waals surface area contributed by atoms with Crippen molar-refractivity contribution in [1.82, 2.24) is 9.97 Å². The van der Waals surface area contributed by atoms with Crippen molar-refractivity contribution >= 4 is 5.69 Å². The van der Waals surface area contributed by atoms with E-state index in [1.54, 1.807) is 0 Å². The van der Waals surface area contributed by atoms with Gasteiger partial charge in [-0.2, -0.15) is 0 Å². The Bertz CT molecular complexity index is 675. The molecule has 3 N–H and O–H groups in total. The molecule has 2 rings (SSSR count). The van der Waals surface area contributed by atoms with Gasteiger partial charge in [0.1, 0.15) is 5.82 Å². The SMILES string of the molecule is Cc1nc(-c2cc(C(C)(C)C)cc(C(C)(C)C)c2N)[nH]c1C. The molecule has 120 valence electrons. The van der Waals surface area contributed by atoms with Gasteiger partial charge < -0.3 is 10.7 Å². The lowest BCUT2D eigenvalue weighted by Gasteiger charge is -2.28. The van der Waals surface area contributed by atoms with Crippen molar-refractivity contribution in [2.24, 2.45) is 0 Å². The third-order valence-corrected chi connectivity index (χ3v) is 4.24. The molecule has 0 fully saturated rings. The predicted molar refractivity (Wildman–Crippen MR) is 95.3 cm³/mol. The van der Waals surface area contributed by atoms with Crippen LogP contribution in [-0.4, -0.2) is 9.97 Å². The summed E-state index contributed by atoms with van der Waals surface area (Å²) in [5, 5.41) is 0. The Morgan fingerprint density at radius 1 is 0.955 bits per heavy atom. The van der Waals surface area contributed by atoms with Crippen molar-refractivity contribution in [3.8, 4) is 11.4 Å². The van der Waals surface area contributed by atoms with Crippen molar-refractivity contribution in [3.05, 3.63) is 34.6 Å². The molecule has 1 aromatic heterocycles. The molecule has 1 heterocycles. The van der Waals surface area contributed by atoms with E-state index in [-0.39, 0.29) is 10.8 Å². The van der Waals surface area contributed by atoms with Gasteiger partial charge in [0.2, 0.25) is 0 Å². The molecule has 0 amide bonds. The van der Waals surface area contributed by atoms with Gasteiger partial charge in [-0.05, 0) is 41.9 Å². The number of aromatic nitrogens is 2. The first-order valence-electron chi connectivity index (χ1n) is 7.89. The molecule has 22 heavy (non-hydrogen) atoms. The monoisotopic (exact) mass is 299 g/mol. The van der Waals surface area contributed by atoms with E-state index in [0.717, 1.165) is 28.5 Å². The minimum absolute atomic E-state index is 0.00320. The quantitative estimate of drug-likeness (QED) is 0.738. The van der Waals surface area contributed by atoms with E-state index in [2.05, 4.69) is 63.6 Å². The van der Waals surface area contributed by atoms with Crippen LogP contribution in [0.2, 0.25) is 0 Å². The van der Waals surface area contributed by atoms with Gasteiger partial charge in [0.05, 0.1) is 5.69 Å². The fraction of sp³-hybridized carbons (Fsp3) is 0.526. The number of anilines is 1. The highest BCUT2D eigenvalue weighted by atomic mass is 14.9. The highest BCUT2D eigenvalue weighted by Crippen LogP contribution is 2.38. The molecule has 3 heteroatoms. The fourth-order valence-electron chi connectivity index (χ4n) is 2.58. The Kier molecular flexibility index (Phi) is 3.88. The van der Waals surface area contributed by atoms with Gasteiger partial charge >= 0.3 is 0 Å². The number of nitrogens with one attached hydrogen (secondary N) is 1. The molecular formula is C19H29N3. The first-order chi connectivity index (χ1) is 9.91. The minimum Gasteiger partial charge on any atom is -0.398 e. The molecule has 0 saturated carbocycles. The Balaban J connectivity index is 2.77. The highest BCUT2D eigenvalue weighted by molar-refractivity contribution is 5.77. The molecule has 0 saturated heterocycles. The third kappa shape index (κ3) is 3.03. The summed E-state index contributed by atoms with van der Waals surface area (Å²) in [6, 6.07) is 4.43. The van der Waals surface area contributed by atoms with E-state index in [1.807, 2.05) is 13.8 Å². The summed E-state index contributed by atoms with van der Waals surface area (Å²) in [7, 11) is 0. The van der Waals surface area contributed by atoms with Crippen LogP contribution in [0.3, 0.4) is 0 Å². The molecule has 0 radical (unpaired) electrons. The number of aromatic amines is 1. The number of nitrogens with zero attached hydrogens (tertiary/aromatic N) is 1. The van der Waals surface area contributed by atoms with Gasteiger partial charge in [0.15, 0.2) is 0 Å². The first kappa shape index (κ1) is 16.6. The van der Waals surface area contributed by atoms with Gasteiger partial charge in [-0.3, -0.25) is 0 Å². The number of hydrogen-bond acceptors (Lipinski definition) is 2. The molecule has 0 aliphatic carbocycles. The van der Waals surface area contributed by atoms with Crippen LogP contribution in [0, 0.1) is 13.8 Å². The zero-order valence-electron chi connectivity index (χ0n) is 15.2. The summed E-state index contributed by atoms with van der Waals surface area (Å²) in [6.45, 7) is 17.4. The Morgan fingerprint density at radius 3 is 1.95 bits per heavy atom. The van der Waals surface area contributed by atoms with Crippen LogP contribution < -0.4 is 5.73 Å². The third-order valence-electron chi connectivity index (χ3n) is 4.24. The average molecular weight is 299 g/mol. The van der Waals surface area contributed by atoms with Crippen LogP contribution in [0.5, 0.6) is 0 Å². The molecule has 3 nitrogen and oxygen atoms in total. The molecule has 0 aliphatic heterocycles. The van der Waals surface area contributed by atoms with Crippen molar-refractivity contribution in [1.29, 1.82) is 0 Å². The van der Waals surface area contributed by atoms with Crippen LogP contribution in [-0.2, 0) is 10.8 Å². The van der Waals surface area contributed by atoms with E-state index in [9.17, 15) is 0 Å². The minimum atomic E-state index is -0.00320. The largest absolute Gasteiger partial charge is 0.398 e. The zero-order chi connectivity index (χ0) is 16.9. The standard InChI is InChI=1S/C19H29N3/c1-11-12(2)22-17(21-11)14-9-13(18(3,4)5)10-15(16(14)20)19(6,7)8/h9-10H,20H2,1-8H3,(H,21,22). The molecule has 0 bridgehead atoms. The Hall–Kier alpha value is -1.77. The van der Waals surface area contributed by atoms with Gasteiger partial charge in [-0.25, -0.2) is 4.98 Å². The van der Waals surface area contributed by atoms with Gasteiger partial charge in [0, 0.05) is 16.9 Å². The molecule has 0 unspecified atom stereocenters. The van der Waals surface area contributed by atoms with Crippen LogP contribution in [0.25, 0.3) is 11.4 Å². The van der Waals surface area contributed by atoms with Crippen molar-refractivity contribution in [3.63, 3.8) is 0 Å². The lowest BCUT2D eigenvalue weighted by Crippen LogP contribution is -2.19. The number of H-pyrrole nitrogens is 1. The van der Waals surface area contributed by atoms with Gasteiger partial charge in [-0.1, -0.05) is 47.6 Å². The number of hydrogen-bond donors (Lipinski definition) is 2. The van der Waals surface area contributed by atoms with E-state index >= 15 is 0 Å². The molecular weight excluding hydrogens is 270 g/mol. The van der Waals surface area contributed by atoms with Gasteiger partial charge in [0.25, 0.3) is 0 Å². The summed E-state index contributed by atoms with van der Waals surface area (Å²) in [5.74, 6) is 0.865. The summed E-state index contributed by atoms with van der Waals surface area (Å²) in [4.78, 5) is 8.02. The van der Waals surface area contributed by atoms with Crippen LogP contribution in [0.1, 0.15) is 64.1 Å². The number of nitrogen functional groups attached to an aromatic ring is 1. The highest BCUT2D eigenvalue weighted by Gasteiger charge is 2.25. The molecule has 0 aliphatic rings. The summed E-state index contributed by atoms with van der Waals surface area (Å²) >= 11 is 0. The predicted octanol–water partition coefficient (Wildman–Crippen LogP) is 4.87. The topological polar surface area (TPSA) is 54.7 Å². The van der Waals surface area contributed by atoms with Crippen molar-refractivity contribution in [2.75, 3.05) is 5.73 Å². The number of imidazole rings is 1. The zero-order valence-corrected chi connectivity index (χ0v) is 15.2. The van der Waals surface area contributed by atoms with E-state index in [1.165, 1.54) is 11.1 Å². The second-order valence-corrected chi connectivity index (χ2v) is 8.28. The van der Waals surface area contributed by atoms with Crippen LogP contribution in [0.15, 0.2) is 12.1 Å². The number of nitrogens with two attached hydrogens (primary N) is 1. The maximum atomic E-state index is 6.51. The second-order valence-electron chi connectivity index (χ2n) is 8.28. The van der Waals surface area contributed by atoms with E-state index < -0.39 is 0 Å². The summed E-state index contributed by atoms with van der Waals surface area (Å²) in [5.41, 5.74) is 13.0. The maximum Gasteiger partial charge on any atom is 0.139 e.